The predicted molar refractivity (Wildman–Crippen MR) is 95.1 cm³/mol. The van der Waals surface area contributed by atoms with Gasteiger partial charge in [0.15, 0.2) is 0 Å². The van der Waals surface area contributed by atoms with Gasteiger partial charge in [-0.3, -0.25) is 14.4 Å². The van der Waals surface area contributed by atoms with Crippen LogP contribution in [0.5, 0.6) is 0 Å². The van der Waals surface area contributed by atoms with E-state index in [1.165, 1.54) is 19.3 Å². The zero-order valence-corrected chi connectivity index (χ0v) is 14.4. The molecule has 2 N–H and O–H groups in total. The minimum absolute atomic E-state index is 0.120. The molecule has 0 saturated heterocycles. The molecule has 130 valence electrons. The molecule has 0 bridgehead atoms. The molecule has 1 atom stereocenters. The fourth-order valence-corrected chi connectivity index (χ4v) is 2.43. The first kappa shape index (κ1) is 17.6. The number of fused-ring (bicyclic) bond motifs is 1. The summed E-state index contributed by atoms with van der Waals surface area (Å²) in [6.45, 7) is 0.120. The fraction of sp³-hybridized carbons (Fsp3) is 0.263. The van der Waals surface area contributed by atoms with Gasteiger partial charge in [-0.1, -0.05) is 55.1 Å². The first-order valence-electron chi connectivity index (χ1n) is 8.22. The minimum Gasteiger partial charge on any atom is -0.328 e. The molecule has 1 aliphatic carbocycles. The Labute approximate surface area is 151 Å². The quantitative estimate of drug-likeness (QED) is 0.845. The van der Waals surface area contributed by atoms with Crippen LogP contribution in [0.2, 0.25) is 5.02 Å². The number of hydrogen-bond acceptors (Lipinski definition) is 4. The van der Waals surface area contributed by atoms with Gasteiger partial charge in [0.05, 0.1) is 11.1 Å². The Kier molecular flexibility index (Phi) is 5.48. The first-order valence-corrected chi connectivity index (χ1v) is 8.59. The highest BCUT2D eigenvalue weighted by molar-refractivity contribution is 6.30. The molecular weight excluding hydrogens is 340 g/mol. The largest absolute Gasteiger partial charge is 0.328 e. The summed E-state index contributed by atoms with van der Waals surface area (Å²) in [4.78, 5) is 30.1. The molecule has 2 aromatic rings. The summed E-state index contributed by atoms with van der Waals surface area (Å²) >= 11 is 5.85. The van der Waals surface area contributed by atoms with E-state index in [0.29, 0.717) is 16.1 Å². The Bertz CT molecular complexity index is 737. The van der Waals surface area contributed by atoms with Gasteiger partial charge in [0, 0.05) is 11.6 Å². The van der Waals surface area contributed by atoms with Gasteiger partial charge in [-0.15, -0.1) is 5.06 Å². The van der Waals surface area contributed by atoms with E-state index < -0.39 is 17.9 Å². The lowest BCUT2D eigenvalue weighted by Crippen LogP contribution is -2.33. The number of nitrogens with zero attached hydrogens (tertiary/aromatic N) is 1. The van der Waals surface area contributed by atoms with Gasteiger partial charge in [0.1, 0.15) is 6.10 Å². The van der Waals surface area contributed by atoms with Crippen LogP contribution in [0.15, 0.2) is 48.5 Å². The molecule has 1 unspecified atom stereocenters. The second-order valence-electron chi connectivity index (χ2n) is 5.89. The van der Waals surface area contributed by atoms with Gasteiger partial charge < -0.3 is 5.73 Å². The number of amides is 2. The highest BCUT2D eigenvalue weighted by atomic mass is 35.5. The number of rotatable bonds is 4. The molecule has 4 rings (SSSR count). The lowest BCUT2D eigenvalue weighted by Gasteiger charge is -2.21. The summed E-state index contributed by atoms with van der Waals surface area (Å²) in [5, 5.41) is 1.36. The summed E-state index contributed by atoms with van der Waals surface area (Å²) in [7, 11) is 0. The minimum atomic E-state index is -0.612. The summed E-state index contributed by atoms with van der Waals surface area (Å²) < 4.78 is 0. The molecule has 0 spiro atoms. The number of benzene rings is 2. The van der Waals surface area contributed by atoms with Gasteiger partial charge >= 0.3 is 0 Å². The van der Waals surface area contributed by atoms with Crippen molar-refractivity contribution in [1.29, 1.82) is 0 Å². The average molecular weight is 359 g/mol. The number of nitrogens with two attached hydrogens (primary N) is 1. The average Bonchev–Trinajstić information content (AvgIpc) is 3.49. The fourth-order valence-electron chi connectivity index (χ4n) is 2.31. The summed E-state index contributed by atoms with van der Waals surface area (Å²) in [5.74, 6) is -0.957. The van der Waals surface area contributed by atoms with E-state index >= 15 is 0 Å². The number of carbonyl (C=O) groups excluding carboxylic acids is 2. The van der Waals surface area contributed by atoms with E-state index in [-0.39, 0.29) is 6.54 Å². The number of hydroxylamine groups is 2. The summed E-state index contributed by atoms with van der Waals surface area (Å²) in [6.07, 6.45) is 3.89. The highest BCUT2D eigenvalue weighted by Crippen LogP contribution is 2.27. The van der Waals surface area contributed by atoms with Crippen LogP contribution in [0.1, 0.15) is 51.6 Å². The van der Waals surface area contributed by atoms with Gasteiger partial charge in [0.2, 0.25) is 0 Å². The SMILES string of the molecule is C1CC1.NCC(ON1C(=O)c2ccccc2C1=O)c1ccc(Cl)cc1. The van der Waals surface area contributed by atoms with Crippen LogP contribution in [0.3, 0.4) is 0 Å². The molecule has 0 radical (unpaired) electrons. The molecule has 5 nitrogen and oxygen atoms in total. The zero-order chi connectivity index (χ0) is 17.8. The standard InChI is InChI=1S/C16H13ClN2O3.C3H6/c17-11-7-5-10(6-8-11)14(9-18)22-19-15(20)12-3-1-2-4-13(12)16(19)21;1-2-3-1/h1-8,14H,9,18H2;1-3H2. The van der Waals surface area contributed by atoms with E-state index in [4.69, 9.17) is 22.2 Å². The van der Waals surface area contributed by atoms with Crippen molar-refractivity contribution in [2.75, 3.05) is 6.54 Å². The molecule has 2 amide bonds. The Balaban J connectivity index is 0.000000549. The van der Waals surface area contributed by atoms with Gasteiger partial charge in [0.25, 0.3) is 11.8 Å². The molecule has 2 aromatic carbocycles. The van der Waals surface area contributed by atoms with Crippen molar-refractivity contribution in [2.24, 2.45) is 5.73 Å². The number of carbonyl (C=O) groups is 2. The number of imide groups is 1. The van der Waals surface area contributed by atoms with Crippen molar-refractivity contribution in [2.45, 2.75) is 25.4 Å². The third-order valence-electron chi connectivity index (χ3n) is 3.80. The van der Waals surface area contributed by atoms with Crippen LogP contribution in [0, 0.1) is 0 Å². The molecule has 6 heteroatoms. The van der Waals surface area contributed by atoms with E-state index in [0.717, 1.165) is 10.6 Å². The molecule has 2 aliphatic rings. The maximum atomic E-state index is 12.3. The number of halogens is 1. The molecule has 1 aliphatic heterocycles. The van der Waals surface area contributed by atoms with Crippen LogP contribution < -0.4 is 5.73 Å². The molecule has 25 heavy (non-hydrogen) atoms. The van der Waals surface area contributed by atoms with Crippen LogP contribution in [-0.2, 0) is 4.84 Å². The second kappa shape index (κ2) is 7.78. The summed E-state index contributed by atoms with van der Waals surface area (Å²) in [6, 6.07) is 13.5. The Morgan fingerprint density at radius 1 is 0.960 bits per heavy atom. The van der Waals surface area contributed by atoms with Gasteiger partial charge in [-0.05, 0) is 29.8 Å². The zero-order valence-electron chi connectivity index (χ0n) is 13.7. The van der Waals surface area contributed by atoms with Crippen molar-refractivity contribution in [3.63, 3.8) is 0 Å². The van der Waals surface area contributed by atoms with Crippen molar-refractivity contribution in [3.05, 3.63) is 70.2 Å². The second-order valence-corrected chi connectivity index (χ2v) is 6.33. The first-order chi connectivity index (χ1) is 12.1. The topological polar surface area (TPSA) is 72.6 Å². The van der Waals surface area contributed by atoms with Crippen LogP contribution in [0.25, 0.3) is 0 Å². The Morgan fingerprint density at radius 3 is 1.92 bits per heavy atom. The predicted octanol–water partition coefficient (Wildman–Crippen LogP) is 3.74. The maximum absolute atomic E-state index is 12.3. The van der Waals surface area contributed by atoms with Crippen molar-refractivity contribution < 1.29 is 14.4 Å². The summed E-state index contributed by atoms with van der Waals surface area (Å²) in [5.41, 5.74) is 7.11. The van der Waals surface area contributed by atoms with E-state index in [9.17, 15) is 9.59 Å². The van der Waals surface area contributed by atoms with E-state index in [1.54, 1.807) is 48.5 Å². The van der Waals surface area contributed by atoms with Gasteiger partial charge in [-0.25, -0.2) is 0 Å². The van der Waals surface area contributed by atoms with E-state index in [2.05, 4.69) is 0 Å². The smallest absolute Gasteiger partial charge is 0.285 e. The molecule has 1 fully saturated rings. The van der Waals surface area contributed by atoms with Crippen molar-refractivity contribution >= 4 is 23.4 Å². The molecule has 1 saturated carbocycles. The highest BCUT2D eigenvalue weighted by Gasteiger charge is 2.38. The Hall–Kier alpha value is -2.21. The lowest BCUT2D eigenvalue weighted by atomic mass is 10.1. The molecular formula is C19H19ClN2O3. The van der Waals surface area contributed by atoms with Crippen LogP contribution in [-0.4, -0.2) is 23.4 Å². The van der Waals surface area contributed by atoms with Crippen LogP contribution in [0.4, 0.5) is 0 Å². The normalized spacial score (nSPS) is 16.2. The van der Waals surface area contributed by atoms with E-state index in [1.807, 2.05) is 0 Å². The lowest BCUT2D eigenvalue weighted by molar-refractivity contribution is -0.131. The maximum Gasteiger partial charge on any atom is 0.285 e. The van der Waals surface area contributed by atoms with Crippen molar-refractivity contribution in [3.8, 4) is 0 Å². The van der Waals surface area contributed by atoms with Crippen LogP contribution >= 0.6 is 11.6 Å². The van der Waals surface area contributed by atoms with Gasteiger partial charge in [-0.2, -0.15) is 0 Å². The monoisotopic (exact) mass is 358 g/mol. The van der Waals surface area contributed by atoms with Crippen molar-refractivity contribution in [1.82, 2.24) is 5.06 Å². The molecule has 1 heterocycles. The number of hydrogen-bond donors (Lipinski definition) is 1. The third-order valence-corrected chi connectivity index (χ3v) is 4.05. The third kappa shape index (κ3) is 4.07. The Morgan fingerprint density at radius 2 is 1.48 bits per heavy atom. The molecule has 0 aromatic heterocycles.